The lowest BCUT2D eigenvalue weighted by molar-refractivity contribution is 0.0918. The Kier molecular flexibility index (Phi) is 4.86. The van der Waals surface area contributed by atoms with Crippen LogP contribution < -0.4 is 4.74 Å². The molecule has 0 aromatic heterocycles. The third-order valence-corrected chi connectivity index (χ3v) is 4.57. The number of benzene rings is 2. The number of hydrogen-bond donors (Lipinski definition) is 0. The number of carbonyl (C=O) groups is 1. The minimum absolute atomic E-state index is 0.272. The van der Waals surface area contributed by atoms with Gasteiger partial charge in [-0.3, -0.25) is 0 Å². The number of amides is 1. The first-order chi connectivity index (χ1) is 11.2. The topological polar surface area (TPSA) is 38.8 Å². The molecule has 120 valence electrons. The second-order valence-electron chi connectivity index (χ2n) is 5.47. The predicted molar refractivity (Wildman–Crippen MR) is 91.4 cm³/mol. The molecule has 0 saturated heterocycles. The second-order valence-corrected chi connectivity index (χ2v) is 6.32. The zero-order valence-electron chi connectivity index (χ0n) is 12.9. The second kappa shape index (κ2) is 7.04. The van der Waals surface area contributed by atoms with E-state index in [9.17, 15) is 4.79 Å². The molecule has 5 heteroatoms. The molecule has 23 heavy (non-hydrogen) atoms. The molecular weight excluding hydrogens is 358 g/mol. The molecule has 1 amide bonds. The van der Waals surface area contributed by atoms with Gasteiger partial charge in [-0.05, 0) is 51.2 Å². The van der Waals surface area contributed by atoms with E-state index in [0.29, 0.717) is 19.7 Å². The number of rotatable bonds is 3. The molecule has 1 heterocycles. The van der Waals surface area contributed by atoms with Crippen LogP contribution >= 0.6 is 15.9 Å². The van der Waals surface area contributed by atoms with Crippen LogP contribution in [0.3, 0.4) is 0 Å². The molecule has 0 saturated carbocycles. The van der Waals surface area contributed by atoms with Crippen molar-refractivity contribution in [2.75, 3.05) is 13.7 Å². The van der Waals surface area contributed by atoms with Crippen molar-refractivity contribution >= 4 is 22.0 Å². The van der Waals surface area contributed by atoms with E-state index in [-0.39, 0.29) is 6.09 Å². The van der Waals surface area contributed by atoms with E-state index >= 15 is 0 Å². The third-order valence-electron chi connectivity index (χ3n) is 3.95. The lowest BCUT2D eigenvalue weighted by atomic mass is 10.00. The average molecular weight is 376 g/mol. The number of fused-ring (bicyclic) bond motifs is 1. The summed E-state index contributed by atoms with van der Waals surface area (Å²) in [7, 11) is 1.66. The number of ether oxygens (including phenoxy) is 2. The molecule has 0 spiro atoms. The average Bonchev–Trinajstić information content (AvgIpc) is 2.59. The van der Waals surface area contributed by atoms with E-state index in [2.05, 4.69) is 15.9 Å². The lowest BCUT2D eigenvalue weighted by Gasteiger charge is -2.28. The normalized spacial score (nSPS) is 13.4. The van der Waals surface area contributed by atoms with Crippen molar-refractivity contribution in [2.45, 2.75) is 19.6 Å². The Hall–Kier alpha value is -2.01. The smallest absolute Gasteiger partial charge is 0.410 e. The summed E-state index contributed by atoms with van der Waals surface area (Å²) in [5, 5.41) is 0. The molecule has 0 bridgehead atoms. The highest BCUT2D eigenvalue weighted by Crippen LogP contribution is 2.31. The van der Waals surface area contributed by atoms with Crippen molar-refractivity contribution in [3.05, 3.63) is 63.6 Å². The van der Waals surface area contributed by atoms with E-state index < -0.39 is 0 Å². The molecule has 0 unspecified atom stereocenters. The fourth-order valence-corrected chi connectivity index (χ4v) is 3.23. The molecule has 1 aliphatic heterocycles. The van der Waals surface area contributed by atoms with Crippen LogP contribution in [-0.2, 0) is 24.3 Å². The number of halogens is 1. The van der Waals surface area contributed by atoms with Crippen molar-refractivity contribution in [1.29, 1.82) is 0 Å². The summed E-state index contributed by atoms with van der Waals surface area (Å²) >= 11 is 3.49. The third kappa shape index (κ3) is 3.67. The maximum atomic E-state index is 12.3. The summed E-state index contributed by atoms with van der Waals surface area (Å²) in [6, 6.07) is 13.8. The monoisotopic (exact) mass is 375 g/mol. The van der Waals surface area contributed by atoms with Gasteiger partial charge in [-0.2, -0.15) is 0 Å². The van der Waals surface area contributed by atoms with E-state index in [1.165, 1.54) is 5.56 Å². The molecular formula is C18H18BrNO3. The number of methoxy groups -OCH3 is 1. The summed E-state index contributed by atoms with van der Waals surface area (Å²) in [4.78, 5) is 14.0. The van der Waals surface area contributed by atoms with Gasteiger partial charge in [0.05, 0.1) is 11.6 Å². The van der Waals surface area contributed by atoms with Crippen LogP contribution in [-0.4, -0.2) is 24.6 Å². The predicted octanol–water partition coefficient (Wildman–Crippen LogP) is 4.15. The molecule has 2 aromatic rings. The van der Waals surface area contributed by atoms with Gasteiger partial charge in [0.1, 0.15) is 12.4 Å². The molecule has 4 nitrogen and oxygen atoms in total. The Labute approximate surface area is 144 Å². The van der Waals surface area contributed by atoms with Crippen LogP contribution in [0.4, 0.5) is 4.79 Å². The van der Waals surface area contributed by atoms with Crippen LogP contribution in [0, 0.1) is 0 Å². The van der Waals surface area contributed by atoms with Gasteiger partial charge in [0.2, 0.25) is 0 Å². The van der Waals surface area contributed by atoms with Gasteiger partial charge in [-0.1, -0.05) is 30.3 Å². The van der Waals surface area contributed by atoms with E-state index in [1.54, 1.807) is 12.0 Å². The van der Waals surface area contributed by atoms with Crippen LogP contribution in [0.2, 0.25) is 0 Å². The Morgan fingerprint density at radius 2 is 2.00 bits per heavy atom. The van der Waals surface area contributed by atoms with Gasteiger partial charge in [0.15, 0.2) is 0 Å². The Morgan fingerprint density at radius 1 is 1.22 bits per heavy atom. The minimum atomic E-state index is -0.272. The van der Waals surface area contributed by atoms with E-state index in [4.69, 9.17) is 9.47 Å². The first-order valence-electron chi connectivity index (χ1n) is 7.48. The molecule has 0 fully saturated rings. The summed E-state index contributed by atoms with van der Waals surface area (Å²) in [5.74, 6) is 0.823. The Bertz CT molecular complexity index is 703. The summed E-state index contributed by atoms with van der Waals surface area (Å²) in [6.45, 7) is 1.52. The summed E-state index contributed by atoms with van der Waals surface area (Å²) in [5.41, 5.74) is 3.34. The highest BCUT2D eigenvalue weighted by atomic mass is 79.9. The van der Waals surface area contributed by atoms with Gasteiger partial charge in [-0.25, -0.2) is 4.79 Å². The van der Waals surface area contributed by atoms with E-state index in [0.717, 1.165) is 27.8 Å². The molecule has 1 aliphatic rings. The highest BCUT2D eigenvalue weighted by molar-refractivity contribution is 9.10. The first-order valence-corrected chi connectivity index (χ1v) is 8.27. The highest BCUT2D eigenvalue weighted by Gasteiger charge is 2.23. The van der Waals surface area contributed by atoms with Crippen molar-refractivity contribution in [1.82, 2.24) is 4.90 Å². The van der Waals surface area contributed by atoms with Gasteiger partial charge >= 0.3 is 6.09 Å². The Balaban J connectivity index is 1.64. The first kappa shape index (κ1) is 15.9. The molecule has 0 N–H and O–H groups in total. The number of hydrogen-bond acceptors (Lipinski definition) is 3. The Morgan fingerprint density at radius 3 is 2.74 bits per heavy atom. The SMILES string of the molecule is COc1cc2c(cc1Br)CN(C(=O)OCc1ccccc1)CC2. The fourth-order valence-electron chi connectivity index (χ4n) is 2.68. The van der Waals surface area contributed by atoms with Crippen molar-refractivity contribution in [3.8, 4) is 5.75 Å². The molecule has 2 aromatic carbocycles. The zero-order valence-corrected chi connectivity index (χ0v) is 14.5. The fraction of sp³-hybridized carbons (Fsp3) is 0.278. The molecule has 0 atom stereocenters. The summed E-state index contributed by atoms with van der Waals surface area (Å²) in [6.07, 6.45) is 0.533. The van der Waals surface area contributed by atoms with Crippen LogP contribution in [0.15, 0.2) is 46.9 Å². The maximum Gasteiger partial charge on any atom is 0.410 e. The van der Waals surface area contributed by atoms with Gasteiger partial charge in [0.25, 0.3) is 0 Å². The van der Waals surface area contributed by atoms with Gasteiger partial charge in [0, 0.05) is 13.1 Å². The van der Waals surface area contributed by atoms with Crippen LogP contribution in [0.1, 0.15) is 16.7 Å². The van der Waals surface area contributed by atoms with E-state index in [1.807, 2.05) is 42.5 Å². The van der Waals surface area contributed by atoms with Crippen LogP contribution in [0.25, 0.3) is 0 Å². The van der Waals surface area contributed by atoms with Crippen molar-refractivity contribution < 1.29 is 14.3 Å². The maximum absolute atomic E-state index is 12.3. The van der Waals surface area contributed by atoms with Gasteiger partial charge in [-0.15, -0.1) is 0 Å². The summed E-state index contributed by atoms with van der Waals surface area (Å²) < 4.78 is 11.6. The number of carbonyl (C=O) groups excluding carboxylic acids is 1. The van der Waals surface area contributed by atoms with Gasteiger partial charge < -0.3 is 14.4 Å². The van der Waals surface area contributed by atoms with Crippen molar-refractivity contribution in [2.24, 2.45) is 0 Å². The molecule has 0 radical (unpaired) electrons. The zero-order chi connectivity index (χ0) is 16.2. The molecule has 3 rings (SSSR count). The molecule has 0 aliphatic carbocycles. The standard InChI is InChI=1S/C18H18BrNO3/c1-22-17-10-14-7-8-20(11-15(14)9-16(17)19)18(21)23-12-13-5-3-2-4-6-13/h2-6,9-10H,7-8,11-12H2,1H3. The largest absolute Gasteiger partial charge is 0.496 e. The quantitative estimate of drug-likeness (QED) is 0.808. The van der Waals surface area contributed by atoms with Crippen LogP contribution in [0.5, 0.6) is 5.75 Å². The minimum Gasteiger partial charge on any atom is -0.496 e. The van der Waals surface area contributed by atoms with Crippen molar-refractivity contribution in [3.63, 3.8) is 0 Å². The number of nitrogens with zero attached hydrogens (tertiary/aromatic N) is 1. The lowest BCUT2D eigenvalue weighted by Crippen LogP contribution is -2.36.